The molecule has 0 heterocycles. The van der Waals surface area contributed by atoms with Gasteiger partial charge in [0.05, 0.1) is 0 Å². The topological polar surface area (TPSA) is 92.9 Å². The van der Waals surface area contributed by atoms with Crippen LogP contribution in [0.1, 0.15) is 38.5 Å². The van der Waals surface area contributed by atoms with E-state index in [9.17, 15) is 4.79 Å². The summed E-state index contributed by atoms with van der Waals surface area (Å²) in [5.74, 6) is 1.54. The summed E-state index contributed by atoms with van der Waals surface area (Å²) in [6.45, 7) is 0. The Hall–Kier alpha value is -1.50. The highest BCUT2D eigenvalue weighted by Gasteiger charge is 2.52. The highest BCUT2D eigenvalue weighted by atomic mass is 16.1. The fourth-order valence-corrected chi connectivity index (χ4v) is 4.95. The molecule has 18 heavy (non-hydrogen) atoms. The second-order valence-corrected chi connectivity index (χ2v) is 6.46. The molecule has 0 aromatic rings. The molecule has 0 aliphatic heterocycles. The largest absolute Gasteiger partial charge is 0.400 e. The normalized spacial score (nSPS) is 42.3. The predicted molar refractivity (Wildman–Crippen MR) is 66.6 cm³/mol. The Morgan fingerprint density at radius 2 is 1.50 bits per heavy atom. The van der Waals surface area contributed by atoms with Crippen molar-refractivity contribution in [1.29, 1.82) is 5.26 Å². The molecule has 0 aromatic carbocycles. The highest BCUT2D eigenvalue weighted by molar-refractivity contribution is 5.96. The minimum Gasteiger partial charge on any atom is -0.400 e. The monoisotopic (exact) mass is 245 g/mol. The zero-order valence-corrected chi connectivity index (χ0v) is 10.5. The van der Waals surface area contributed by atoms with Gasteiger partial charge in [-0.25, -0.2) is 0 Å². The van der Waals surface area contributed by atoms with Gasteiger partial charge in [0.2, 0.25) is 0 Å². The summed E-state index contributed by atoms with van der Waals surface area (Å²) in [5, 5.41) is 9.08. The third kappa shape index (κ3) is 1.53. The lowest BCUT2D eigenvalue weighted by molar-refractivity contribution is -0.114. The van der Waals surface area contributed by atoms with Gasteiger partial charge in [0.1, 0.15) is 11.6 Å². The molecule has 4 bridgehead atoms. The van der Waals surface area contributed by atoms with E-state index in [1.807, 2.05) is 6.07 Å². The van der Waals surface area contributed by atoms with Gasteiger partial charge in [-0.15, -0.1) is 0 Å². The lowest BCUT2D eigenvalue weighted by atomic mass is 9.48. The fourth-order valence-electron chi connectivity index (χ4n) is 4.95. The van der Waals surface area contributed by atoms with Gasteiger partial charge < -0.3 is 11.5 Å². The molecule has 1 amide bonds. The van der Waals surface area contributed by atoms with E-state index < -0.39 is 5.91 Å². The van der Waals surface area contributed by atoms with Gasteiger partial charge >= 0.3 is 0 Å². The lowest BCUT2D eigenvalue weighted by Crippen LogP contribution is -2.49. The molecule has 4 rings (SSSR count). The average molecular weight is 245 g/mol. The highest BCUT2D eigenvalue weighted by Crippen LogP contribution is 2.62. The summed E-state index contributed by atoms with van der Waals surface area (Å²) in [6, 6.07) is 1.91. The van der Waals surface area contributed by atoms with E-state index in [1.54, 1.807) is 0 Å². The number of primary amides is 1. The molecule has 96 valence electrons. The van der Waals surface area contributed by atoms with Crippen molar-refractivity contribution in [2.24, 2.45) is 34.6 Å². The Kier molecular flexibility index (Phi) is 2.41. The Morgan fingerprint density at radius 3 is 1.83 bits per heavy atom. The Morgan fingerprint density at radius 1 is 1.06 bits per heavy atom. The van der Waals surface area contributed by atoms with Gasteiger partial charge in [0.15, 0.2) is 0 Å². The summed E-state index contributed by atoms with van der Waals surface area (Å²) >= 11 is 0. The quantitative estimate of drug-likeness (QED) is 0.569. The molecule has 0 atom stereocenters. The molecular weight excluding hydrogens is 226 g/mol. The van der Waals surface area contributed by atoms with Crippen molar-refractivity contribution in [1.82, 2.24) is 0 Å². The number of carbonyl (C=O) groups is 1. The SMILES string of the molecule is N#C/C(C(N)=O)=C(\N)C12CC3CC(CC(C3)C1)C2. The molecule has 4 nitrogen and oxygen atoms in total. The van der Waals surface area contributed by atoms with Crippen LogP contribution in [0, 0.1) is 34.5 Å². The molecule has 0 aromatic heterocycles. The van der Waals surface area contributed by atoms with Crippen molar-refractivity contribution < 1.29 is 4.79 Å². The summed E-state index contributed by atoms with van der Waals surface area (Å²) in [7, 11) is 0. The molecule has 0 spiro atoms. The number of hydrogen-bond donors (Lipinski definition) is 2. The van der Waals surface area contributed by atoms with Crippen LogP contribution in [0.4, 0.5) is 0 Å². The first-order chi connectivity index (χ1) is 8.54. The van der Waals surface area contributed by atoms with Crippen molar-refractivity contribution in [2.45, 2.75) is 38.5 Å². The number of allylic oxidation sites excluding steroid dienone is 1. The van der Waals surface area contributed by atoms with Crippen LogP contribution >= 0.6 is 0 Å². The number of amides is 1. The van der Waals surface area contributed by atoms with Crippen molar-refractivity contribution in [3.8, 4) is 6.07 Å². The maximum Gasteiger partial charge on any atom is 0.261 e. The third-order valence-corrected chi connectivity index (χ3v) is 5.24. The van der Waals surface area contributed by atoms with Crippen LogP contribution < -0.4 is 11.5 Å². The minimum atomic E-state index is -0.675. The van der Waals surface area contributed by atoms with Crippen molar-refractivity contribution in [3.05, 3.63) is 11.3 Å². The smallest absolute Gasteiger partial charge is 0.261 e. The summed E-state index contributed by atoms with van der Waals surface area (Å²) in [4.78, 5) is 11.3. The van der Waals surface area contributed by atoms with Crippen molar-refractivity contribution in [3.63, 3.8) is 0 Å². The van der Waals surface area contributed by atoms with Gasteiger partial charge in [-0.1, -0.05) is 0 Å². The first-order valence-electron chi connectivity index (χ1n) is 6.74. The van der Waals surface area contributed by atoms with Crippen LogP contribution in [0.5, 0.6) is 0 Å². The number of nitrogens with zero attached hydrogens (tertiary/aromatic N) is 1. The van der Waals surface area contributed by atoms with Crippen LogP contribution in [-0.2, 0) is 4.79 Å². The molecule has 4 aliphatic carbocycles. The van der Waals surface area contributed by atoms with Gasteiger partial charge in [0, 0.05) is 11.1 Å². The Balaban J connectivity index is 2.01. The Labute approximate surface area is 107 Å². The molecule has 0 unspecified atom stereocenters. The van der Waals surface area contributed by atoms with Gasteiger partial charge in [-0.05, 0) is 56.3 Å². The predicted octanol–water partition coefficient (Wildman–Crippen LogP) is 1.42. The molecule has 0 saturated heterocycles. The first kappa shape index (κ1) is 11.6. The second-order valence-electron chi connectivity index (χ2n) is 6.46. The van der Waals surface area contributed by atoms with E-state index in [2.05, 4.69) is 0 Å². The molecule has 4 N–H and O–H groups in total. The van der Waals surface area contributed by atoms with E-state index in [1.165, 1.54) is 19.3 Å². The fraction of sp³-hybridized carbons (Fsp3) is 0.714. The molecule has 4 fully saturated rings. The van der Waals surface area contributed by atoms with E-state index in [0.717, 1.165) is 37.0 Å². The number of nitrogens with two attached hydrogens (primary N) is 2. The van der Waals surface area contributed by atoms with Gasteiger partial charge in [-0.2, -0.15) is 5.26 Å². The zero-order chi connectivity index (χ0) is 12.9. The molecule has 4 heteroatoms. The molecular formula is C14H19N3O. The van der Waals surface area contributed by atoms with Crippen LogP contribution in [0.25, 0.3) is 0 Å². The van der Waals surface area contributed by atoms with E-state index in [0.29, 0.717) is 5.70 Å². The second kappa shape index (κ2) is 3.74. The van der Waals surface area contributed by atoms with Crippen molar-refractivity contribution >= 4 is 5.91 Å². The van der Waals surface area contributed by atoms with Crippen LogP contribution in [0.15, 0.2) is 11.3 Å². The number of carbonyl (C=O) groups excluding carboxylic acids is 1. The maximum absolute atomic E-state index is 11.3. The molecule has 4 saturated carbocycles. The molecule has 4 aliphatic rings. The van der Waals surface area contributed by atoms with Crippen LogP contribution in [0.3, 0.4) is 0 Å². The van der Waals surface area contributed by atoms with Gasteiger partial charge in [-0.3, -0.25) is 4.79 Å². The number of rotatable bonds is 2. The Bertz CT molecular complexity index is 437. The van der Waals surface area contributed by atoms with E-state index in [-0.39, 0.29) is 11.0 Å². The standard InChI is InChI=1S/C14H19N3O/c15-7-11(13(17)18)12(16)14-4-8-1-9(5-14)3-10(2-8)6-14/h8-10H,1-6,16H2,(H2,17,18)/b12-11+. The summed E-state index contributed by atoms with van der Waals surface area (Å²) in [5.41, 5.74) is 11.8. The molecule has 0 radical (unpaired) electrons. The zero-order valence-electron chi connectivity index (χ0n) is 10.5. The minimum absolute atomic E-state index is 0.00282. The maximum atomic E-state index is 11.3. The average Bonchev–Trinajstić information content (AvgIpc) is 2.27. The third-order valence-electron chi connectivity index (χ3n) is 5.24. The van der Waals surface area contributed by atoms with E-state index in [4.69, 9.17) is 16.7 Å². The summed E-state index contributed by atoms with van der Waals surface area (Å²) < 4.78 is 0. The number of hydrogen-bond acceptors (Lipinski definition) is 3. The van der Waals surface area contributed by atoms with Crippen molar-refractivity contribution in [2.75, 3.05) is 0 Å². The number of nitriles is 1. The lowest BCUT2D eigenvalue weighted by Gasteiger charge is -2.57. The first-order valence-corrected chi connectivity index (χ1v) is 6.74. The van der Waals surface area contributed by atoms with Crippen LogP contribution in [-0.4, -0.2) is 5.91 Å². The van der Waals surface area contributed by atoms with Gasteiger partial charge in [0.25, 0.3) is 5.91 Å². The van der Waals surface area contributed by atoms with E-state index >= 15 is 0 Å². The van der Waals surface area contributed by atoms with Crippen LogP contribution in [0.2, 0.25) is 0 Å². The summed E-state index contributed by atoms with van der Waals surface area (Å²) in [6.07, 6.45) is 7.07.